The molecule has 0 saturated heterocycles. The van der Waals surface area contributed by atoms with E-state index in [-0.39, 0.29) is 5.91 Å². The van der Waals surface area contributed by atoms with Crippen molar-refractivity contribution >= 4 is 17.5 Å². The van der Waals surface area contributed by atoms with Gasteiger partial charge in [0.05, 0.1) is 11.9 Å². The zero-order valence-electron chi connectivity index (χ0n) is 16.4. The Hall–Kier alpha value is -3.22. The van der Waals surface area contributed by atoms with Crippen LogP contribution in [0.2, 0.25) is 0 Å². The SMILES string of the molecule is Cc1ccc(NC(=O)c2cc(-c3cnc(N(C)C)nc3)cn2CC2CC2)cn1. The molecule has 0 aliphatic heterocycles. The number of carbonyl (C=O) groups is 1. The van der Waals surface area contributed by atoms with Gasteiger partial charge in [-0.25, -0.2) is 9.97 Å². The van der Waals surface area contributed by atoms with Crippen LogP contribution in [-0.2, 0) is 6.54 Å². The van der Waals surface area contributed by atoms with Gasteiger partial charge in [0.25, 0.3) is 5.91 Å². The van der Waals surface area contributed by atoms with Crippen molar-refractivity contribution in [1.29, 1.82) is 0 Å². The van der Waals surface area contributed by atoms with E-state index in [4.69, 9.17) is 0 Å². The lowest BCUT2D eigenvalue weighted by Crippen LogP contribution is -2.17. The molecule has 1 N–H and O–H groups in total. The highest BCUT2D eigenvalue weighted by atomic mass is 16.1. The van der Waals surface area contributed by atoms with E-state index in [1.165, 1.54) is 12.8 Å². The van der Waals surface area contributed by atoms with Crippen LogP contribution >= 0.6 is 0 Å². The van der Waals surface area contributed by atoms with Crippen LogP contribution in [0, 0.1) is 12.8 Å². The highest BCUT2D eigenvalue weighted by Gasteiger charge is 2.24. The summed E-state index contributed by atoms with van der Waals surface area (Å²) < 4.78 is 2.05. The van der Waals surface area contributed by atoms with Crippen LogP contribution in [0.1, 0.15) is 29.0 Å². The molecule has 3 aromatic heterocycles. The summed E-state index contributed by atoms with van der Waals surface area (Å²) in [6.07, 6.45) is 9.73. The smallest absolute Gasteiger partial charge is 0.272 e. The molecule has 7 nitrogen and oxygen atoms in total. The van der Waals surface area contributed by atoms with Crippen LogP contribution in [-0.4, -0.2) is 39.5 Å². The zero-order chi connectivity index (χ0) is 19.7. The number of nitrogens with one attached hydrogen (secondary N) is 1. The molecule has 3 heterocycles. The normalized spacial score (nSPS) is 13.4. The largest absolute Gasteiger partial charge is 0.347 e. The van der Waals surface area contributed by atoms with Crippen molar-refractivity contribution in [1.82, 2.24) is 19.5 Å². The number of carbonyl (C=O) groups excluding carboxylic acids is 1. The molecular formula is C21H24N6O. The van der Waals surface area contributed by atoms with Crippen LogP contribution in [0.4, 0.5) is 11.6 Å². The first-order chi connectivity index (χ1) is 13.5. The molecule has 7 heteroatoms. The van der Waals surface area contributed by atoms with Crippen molar-refractivity contribution in [2.24, 2.45) is 5.92 Å². The minimum Gasteiger partial charge on any atom is -0.347 e. The second-order valence-electron chi connectivity index (χ2n) is 7.52. The summed E-state index contributed by atoms with van der Waals surface area (Å²) >= 11 is 0. The second kappa shape index (κ2) is 7.42. The number of pyridine rings is 1. The maximum atomic E-state index is 12.9. The van der Waals surface area contributed by atoms with Gasteiger partial charge in [0.15, 0.2) is 0 Å². The number of anilines is 2. The lowest BCUT2D eigenvalue weighted by molar-refractivity contribution is 0.101. The molecule has 0 aromatic carbocycles. The van der Waals surface area contributed by atoms with Gasteiger partial charge in [-0.15, -0.1) is 0 Å². The number of amides is 1. The molecular weight excluding hydrogens is 352 g/mol. The molecule has 144 valence electrons. The van der Waals surface area contributed by atoms with Gasteiger partial charge in [0, 0.05) is 56.1 Å². The predicted molar refractivity (Wildman–Crippen MR) is 109 cm³/mol. The Labute approximate surface area is 164 Å². The van der Waals surface area contributed by atoms with Crippen LogP contribution in [0.25, 0.3) is 11.1 Å². The average Bonchev–Trinajstić information content (AvgIpc) is 3.40. The molecule has 1 fully saturated rings. The van der Waals surface area contributed by atoms with Gasteiger partial charge >= 0.3 is 0 Å². The molecule has 0 spiro atoms. The third-order valence-electron chi connectivity index (χ3n) is 4.82. The van der Waals surface area contributed by atoms with Crippen LogP contribution < -0.4 is 10.2 Å². The lowest BCUT2D eigenvalue weighted by atomic mass is 10.2. The van der Waals surface area contributed by atoms with E-state index in [0.29, 0.717) is 23.2 Å². The standard InChI is InChI=1S/C21H24N6O/c1-14-4-7-18(11-22-14)25-20(28)19-8-16(13-27(19)12-15-5-6-15)17-9-23-21(24-10-17)26(2)3/h4,7-11,13,15H,5-6,12H2,1-3H3,(H,25,28). The molecule has 1 amide bonds. The van der Waals surface area contributed by atoms with Crippen LogP contribution in [0.3, 0.4) is 0 Å². The third-order valence-corrected chi connectivity index (χ3v) is 4.82. The summed E-state index contributed by atoms with van der Waals surface area (Å²) in [4.78, 5) is 27.8. The minimum absolute atomic E-state index is 0.136. The first-order valence-corrected chi connectivity index (χ1v) is 9.43. The highest BCUT2D eigenvalue weighted by Crippen LogP contribution is 2.32. The number of rotatable bonds is 6. The molecule has 28 heavy (non-hydrogen) atoms. The Morgan fingerprint density at radius 1 is 1.14 bits per heavy atom. The van der Waals surface area contributed by atoms with Gasteiger partial charge in [-0.2, -0.15) is 0 Å². The molecule has 4 rings (SSSR count). The third kappa shape index (κ3) is 4.03. The molecule has 0 unspecified atom stereocenters. The first-order valence-electron chi connectivity index (χ1n) is 9.43. The van der Waals surface area contributed by atoms with Crippen LogP contribution in [0.5, 0.6) is 0 Å². The van der Waals surface area contributed by atoms with Crippen LogP contribution in [0.15, 0.2) is 43.0 Å². The molecule has 3 aromatic rings. The minimum atomic E-state index is -0.136. The van der Waals surface area contributed by atoms with E-state index < -0.39 is 0 Å². The molecule has 0 radical (unpaired) electrons. The molecule has 1 aliphatic rings. The van der Waals surface area contributed by atoms with Crippen molar-refractivity contribution in [2.75, 3.05) is 24.3 Å². The van der Waals surface area contributed by atoms with Crippen molar-refractivity contribution in [3.8, 4) is 11.1 Å². The Kier molecular flexibility index (Phi) is 4.81. The van der Waals surface area contributed by atoms with Gasteiger partial charge in [0.1, 0.15) is 5.69 Å². The second-order valence-corrected chi connectivity index (χ2v) is 7.52. The highest BCUT2D eigenvalue weighted by molar-refractivity contribution is 6.04. The van der Waals surface area contributed by atoms with E-state index in [0.717, 1.165) is 23.4 Å². The molecule has 0 atom stereocenters. The maximum absolute atomic E-state index is 12.9. The van der Waals surface area contributed by atoms with E-state index >= 15 is 0 Å². The quantitative estimate of drug-likeness (QED) is 0.714. The van der Waals surface area contributed by atoms with Crippen molar-refractivity contribution in [3.63, 3.8) is 0 Å². The summed E-state index contributed by atoms with van der Waals surface area (Å²) in [7, 11) is 3.81. The van der Waals surface area contributed by atoms with Gasteiger partial charge in [-0.05, 0) is 43.9 Å². The monoisotopic (exact) mass is 376 g/mol. The zero-order valence-corrected chi connectivity index (χ0v) is 16.4. The number of hydrogen-bond acceptors (Lipinski definition) is 5. The predicted octanol–water partition coefficient (Wildman–Crippen LogP) is 3.38. The Morgan fingerprint density at radius 2 is 1.89 bits per heavy atom. The number of aromatic nitrogens is 4. The van der Waals surface area contributed by atoms with Crippen molar-refractivity contribution in [2.45, 2.75) is 26.3 Å². The van der Waals surface area contributed by atoms with Gasteiger partial charge in [-0.3, -0.25) is 9.78 Å². The topological polar surface area (TPSA) is 75.9 Å². The number of hydrogen-bond donors (Lipinski definition) is 1. The Bertz CT molecular complexity index is 971. The molecule has 1 aliphatic carbocycles. The average molecular weight is 376 g/mol. The fourth-order valence-corrected chi connectivity index (χ4v) is 3.03. The number of aryl methyl sites for hydroxylation is 1. The van der Waals surface area contributed by atoms with Gasteiger partial charge < -0.3 is 14.8 Å². The van der Waals surface area contributed by atoms with E-state index in [2.05, 4.69) is 20.3 Å². The Balaban J connectivity index is 1.61. The Morgan fingerprint density at radius 3 is 2.50 bits per heavy atom. The van der Waals surface area contributed by atoms with E-state index in [1.807, 2.05) is 54.9 Å². The maximum Gasteiger partial charge on any atom is 0.272 e. The van der Waals surface area contributed by atoms with E-state index in [1.54, 1.807) is 18.6 Å². The summed E-state index contributed by atoms with van der Waals surface area (Å²) in [6, 6.07) is 5.66. The molecule has 1 saturated carbocycles. The summed E-state index contributed by atoms with van der Waals surface area (Å²) in [6.45, 7) is 2.77. The fourth-order valence-electron chi connectivity index (χ4n) is 3.03. The lowest BCUT2D eigenvalue weighted by Gasteiger charge is -2.09. The van der Waals surface area contributed by atoms with Crippen molar-refractivity contribution in [3.05, 3.63) is 54.4 Å². The summed E-state index contributed by atoms with van der Waals surface area (Å²) in [5.74, 6) is 1.18. The summed E-state index contributed by atoms with van der Waals surface area (Å²) in [5.41, 5.74) is 4.08. The van der Waals surface area contributed by atoms with Crippen molar-refractivity contribution < 1.29 is 4.79 Å². The molecule has 0 bridgehead atoms. The first kappa shape index (κ1) is 18.2. The number of nitrogens with zero attached hydrogens (tertiary/aromatic N) is 5. The van der Waals surface area contributed by atoms with Gasteiger partial charge in [0.2, 0.25) is 5.95 Å². The van der Waals surface area contributed by atoms with Gasteiger partial charge in [-0.1, -0.05) is 0 Å². The van der Waals surface area contributed by atoms with E-state index in [9.17, 15) is 4.79 Å². The summed E-state index contributed by atoms with van der Waals surface area (Å²) in [5, 5.41) is 2.95. The fraction of sp³-hybridized carbons (Fsp3) is 0.333.